The fourth-order valence-corrected chi connectivity index (χ4v) is 2.95. The van der Waals surface area contributed by atoms with Crippen LogP contribution >= 0.6 is 0 Å². The Hall–Kier alpha value is -2.09. The van der Waals surface area contributed by atoms with Gasteiger partial charge in [-0.05, 0) is 18.2 Å². The molecule has 1 aromatic rings. The molecule has 7 nitrogen and oxygen atoms in total. The highest BCUT2D eigenvalue weighted by atomic mass is 32.2. The lowest BCUT2D eigenvalue weighted by Gasteiger charge is -2.37. The van der Waals surface area contributed by atoms with Crippen LogP contribution in [-0.4, -0.2) is 63.4 Å². The molecule has 1 aromatic carbocycles. The van der Waals surface area contributed by atoms with Gasteiger partial charge in [0.05, 0.1) is 18.9 Å². The van der Waals surface area contributed by atoms with Crippen molar-refractivity contribution in [2.45, 2.75) is 5.25 Å². The average molecular weight is 326 g/mol. The van der Waals surface area contributed by atoms with Crippen LogP contribution in [0.2, 0.25) is 0 Å². The molecule has 2 rings (SSSR count). The number of hydrogen-bond acceptors (Lipinski definition) is 5. The summed E-state index contributed by atoms with van der Waals surface area (Å²) >= 11 is 0. The molecule has 0 atom stereocenters. The predicted octanol–water partition coefficient (Wildman–Crippen LogP) is -0.320. The summed E-state index contributed by atoms with van der Waals surface area (Å²) in [7, 11) is -1.61. The van der Waals surface area contributed by atoms with Crippen molar-refractivity contribution in [3.8, 4) is 5.75 Å². The number of carbonyl (C=O) groups excluding carboxylic acids is 2. The first kappa shape index (κ1) is 16.3. The Morgan fingerprint density at radius 1 is 1.36 bits per heavy atom. The molecule has 1 aliphatic heterocycles. The number of nitrogens with one attached hydrogen (secondary N) is 1. The lowest BCUT2D eigenvalue weighted by Crippen LogP contribution is -2.58. The Morgan fingerprint density at radius 3 is 2.64 bits per heavy atom. The van der Waals surface area contributed by atoms with Crippen molar-refractivity contribution in [1.82, 2.24) is 10.2 Å². The molecule has 0 spiro atoms. The van der Waals surface area contributed by atoms with E-state index < -0.39 is 15.1 Å². The highest BCUT2D eigenvalue weighted by Gasteiger charge is 2.37. The van der Waals surface area contributed by atoms with Gasteiger partial charge in [-0.3, -0.25) is 9.59 Å². The molecule has 1 fully saturated rings. The maximum absolute atomic E-state index is 11.9. The molecule has 120 valence electrons. The number of amides is 2. The van der Waals surface area contributed by atoms with Gasteiger partial charge >= 0.3 is 0 Å². The van der Waals surface area contributed by atoms with Crippen LogP contribution < -0.4 is 10.1 Å². The van der Waals surface area contributed by atoms with Gasteiger partial charge in [-0.15, -0.1) is 0 Å². The molecule has 1 heterocycles. The zero-order valence-corrected chi connectivity index (χ0v) is 13.2. The van der Waals surface area contributed by atoms with Crippen molar-refractivity contribution in [3.63, 3.8) is 0 Å². The fourth-order valence-electron chi connectivity index (χ4n) is 2.05. The van der Waals surface area contributed by atoms with Crippen LogP contribution in [0.3, 0.4) is 0 Å². The van der Waals surface area contributed by atoms with Crippen LogP contribution in [0.5, 0.6) is 5.75 Å². The number of hydrogen-bond donors (Lipinski definition) is 1. The minimum Gasteiger partial charge on any atom is -0.497 e. The van der Waals surface area contributed by atoms with Gasteiger partial charge in [0.25, 0.3) is 5.91 Å². The second-order valence-electron chi connectivity index (χ2n) is 5.16. The third-order valence-electron chi connectivity index (χ3n) is 3.54. The van der Waals surface area contributed by atoms with Gasteiger partial charge in [0.15, 0.2) is 9.84 Å². The van der Waals surface area contributed by atoms with Crippen molar-refractivity contribution in [2.75, 3.05) is 33.0 Å². The predicted molar refractivity (Wildman–Crippen MR) is 80.5 cm³/mol. The fraction of sp³-hybridized carbons (Fsp3) is 0.429. The molecule has 22 heavy (non-hydrogen) atoms. The monoisotopic (exact) mass is 326 g/mol. The summed E-state index contributed by atoms with van der Waals surface area (Å²) in [6, 6.07) is 6.59. The topological polar surface area (TPSA) is 92.8 Å². The van der Waals surface area contributed by atoms with E-state index in [2.05, 4.69) is 5.32 Å². The van der Waals surface area contributed by atoms with E-state index in [-0.39, 0.29) is 31.4 Å². The van der Waals surface area contributed by atoms with Gasteiger partial charge in [0, 0.05) is 24.9 Å². The molecular weight excluding hydrogens is 308 g/mol. The molecule has 0 unspecified atom stereocenters. The normalized spacial score (nSPS) is 15.1. The molecule has 0 saturated carbocycles. The highest BCUT2D eigenvalue weighted by Crippen LogP contribution is 2.15. The number of methoxy groups -OCH3 is 1. The molecule has 0 radical (unpaired) electrons. The van der Waals surface area contributed by atoms with Crippen molar-refractivity contribution in [3.05, 3.63) is 29.8 Å². The van der Waals surface area contributed by atoms with E-state index >= 15 is 0 Å². The third-order valence-corrected chi connectivity index (χ3v) is 5.05. The van der Waals surface area contributed by atoms with E-state index in [1.54, 1.807) is 24.3 Å². The summed E-state index contributed by atoms with van der Waals surface area (Å²) in [6.45, 7) is 0.214. The molecule has 0 aliphatic carbocycles. The Bertz CT molecular complexity index is 680. The maximum atomic E-state index is 11.9. The Labute approximate surface area is 129 Å². The molecule has 2 amide bonds. The number of sulfone groups is 1. The lowest BCUT2D eigenvalue weighted by atomic mass is 10.2. The van der Waals surface area contributed by atoms with Crippen molar-refractivity contribution < 1.29 is 22.7 Å². The highest BCUT2D eigenvalue weighted by molar-refractivity contribution is 7.91. The summed E-state index contributed by atoms with van der Waals surface area (Å²) < 4.78 is 27.6. The molecule has 0 aromatic heterocycles. The maximum Gasteiger partial charge on any atom is 0.251 e. The van der Waals surface area contributed by atoms with E-state index in [4.69, 9.17) is 4.74 Å². The third kappa shape index (κ3) is 3.76. The Balaban J connectivity index is 1.83. The second kappa shape index (κ2) is 6.35. The summed E-state index contributed by atoms with van der Waals surface area (Å²) in [5.74, 6) is -0.124. The minimum absolute atomic E-state index is 0.160. The SMILES string of the molecule is COc1cccc(C(=O)NCC(=O)N2CC(S(C)(=O)=O)C2)c1. The lowest BCUT2D eigenvalue weighted by molar-refractivity contribution is -0.133. The first-order chi connectivity index (χ1) is 10.3. The van der Waals surface area contributed by atoms with Gasteiger partial charge in [0.2, 0.25) is 5.91 Å². The molecule has 1 saturated heterocycles. The van der Waals surface area contributed by atoms with E-state index in [1.165, 1.54) is 12.0 Å². The first-order valence-electron chi connectivity index (χ1n) is 6.70. The number of likely N-dealkylation sites (tertiary alicyclic amines) is 1. The zero-order chi connectivity index (χ0) is 16.3. The molecule has 0 bridgehead atoms. The largest absolute Gasteiger partial charge is 0.497 e. The number of carbonyl (C=O) groups is 2. The first-order valence-corrected chi connectivity index (χ1v) is 8.65. The number of nitrogens with zero attached hydrogens (tertiary/aromatic N) is 1. The standard InChI is InChI=1S/C14H18N2O5S/c1-21-11-5-3-4-10(6-11)14(18)15-7-13(17)16-8-12(9-16)22(2,19)20/h3-6,12H,7-9H2,1-2H3,(H,15,18). The zero-order valence-electron chi connectivity index (χ0n) is 12.4. The van der Waals surface area contributed by atoms with Crippen LogP contribution in [0, 0.1) is 0 Å². The minimum atomic E-state index is -3.11. The van der Waals surface area contributed by atoms with Gasteiger partial charge in [-0.1, -0.05) is 6.07 Å². The van der Waals surface area contributed by atoms with E-state index in [0.29, 0.717) is 11.3 Å². The van der Waals surface area contributed by atoms with E-state index in [9.17, 15) is 18.0 Å². The molecule has 8 heteroatoms. The summed E-state index contributed by atoms with van der Waals surface area (Å²) in [5, 5.41) is 2.02. The quantitative estimate of drug-likeness (QED) is 0.800. The van der Waals surface area contributed by atoms with Crippen LogP contribution in [0.4, 0.5) is 0 Å². The van der Waals surface area contributed by atoms with Crippen LogP contribution in [0.15, 0.2) is 24.3 Å². The summed E-state index contributed by atoms with van der Waals surface area (Å²) in [5.41, 5.74) is 0.393. The van der Waals surface area contributed by atoms with Gasteiger partial charge in [0.1, 0.15) is 5.75 Å². The van der Waals surface area contributed by atoms with Crippen molar-refractivity contribution >= 4 is 21.7 Å². The number of benzene rings is 1. The number of rotatable bonds is 5. The summed E-state index contributed by atoms with van der Waals surface area (Å²) in [4.78, 5) is 25.2. The van der Waals surface area contributed by atoms with Crippen molar-refractivity contribution in [1.29, 1.82) is 0 Å². The van der Waals surface area contributed by atoms with Crippen LogP contribution in [0.1, 0.15) is 10.4 Å². The van der Waals surface area contributed by atoms with Crippen LogP contribution in [-0.2, 0) is 14.6 Å². The smallest absolute Gasteiger partial charge is 0.251 e. The molecular formula is C14H18N2O5S. The van der Waals surface area contributed by atoms with E-state index in [1.807, 2.05) is 0 Å². The van der Waals surface area contributed by atoms with E-state index in [0.717, 1.165) is 6.26 Å². The van der Waals surface area contributed by atoms with Crippen molar-refractivity contribution in [2.24, 2.45) is 0 Å². The van der Waals surface area contributed by atoms with Gasteiger partial charge in [-0.25, -0.2) is 8.42 Å². The molecule has 1 N–H and O–H groups in total. The van der Waals surface area contributed by atoms with Gasteiger partial charge < -0.3 is 15.0 Å². The molecule has 1 aliphatic rings. The second-order valence-corrected chi connectivity index (χ2v) is 7.49. The Morgan fingerprint density at radius 2 is 2.05 bits per heavy atom. The number of ether oxygens (including phenoxy) is 1. The summed E-state index contributed by atoms with van der Waals surface area (Å²) in [6.07, 6.45) is 1.16. The van der Waals surface area contributed by atoms with Crippen LogP contribution in [0.25, 0.3) is 0 Å². The Kier molecular flexibility index (Phi) is 4.70. The average Bonchev–Trinajstić information content (AvgIpc) is 2.41. The van der Waals surface area contributed by atoms with Gasteiger partial charge in [-0.2, -0.15) is 0 Å².